The molecule has 4 aromatic heterocycles. The Labute approximate surface area is 684 Å². The lowest BCUT2D eigenvalue weighted by molar-refractivity contribution is -0.0441. The van der Waals surface area contributed by atoms with Crippen molar-refractivity contribution in [1.29, 1.82) is 5.41 Å². The van der Waals surface area contributed by atoms with Gasteiger partial charge in [0.25, 0.3) is 9.84 Å². The number of hydrogen-bond donors (Lipinski definition) is 21. The molecule has 0 fully saturated rings. The van der Waals surface area contributed by atoms with E-state index in [4.69, 9.17) is 109 Å². The van der Waals surface area contributed by atoms with E-state index in [0.717, 1.165) is 22.7 Å². The average Bonchev–Trinajstić information content (AvgIpc) is 1.26. The van der Waals surface area contributed by atoms with Crippen molar-refractivity contribution in [1.82, 2.24) is 19.9 Å². The first kappa shape index (κ1) is 115. The topological polar surface area (TPSA) is 716 Å². The van der Waals surface area contributed by atoms with Crippen LogP contribution in [0.5, 0.6) is 0 Å². The standard InChI is InChI=1S/C8H11F3N6O2S2.C5H7ClN4S.C5H7N7S.C5H9N5S.C4H6F3NO2S3.C3H5F3N2O2S2.C3H7NS2.C2H6N4S.C2H5NS2.CS2.ClH.HI/c9-8(10,11)21(18,19)3-5(12)15-1-4-2-20-7(16-4)17-6(13)14;6-1-3-2-11-5(9-3)10-4(7)8;6-4(7)11-5-10-3(2-13-5)1-9-12-8;6-1-3-2-11-5(9-3)10-4(7)8;5-4(6,7)13(9,10)8-3(1-11)2-12;4-3(5,6)12(9,10)8-2(7)1-11;4-3(1-5)2-6;3-1(4)6-2(5)7;1-5-2(3)4;2-1-3;;/h2H,1,3H2,(H2,12,15)(H4,13,14,16,17);2H,1H2,(H4,7,8,9,10);2H,1H2,(H4,6,7,10,11);2H,1,6H2,(H4,7,8,9,10);11-12H,1-2H2;11H,1H2,(H2,7,8);4-6H,1-2H2;(H6,3,4,5,6,7);1H3,(H2,3,4);;2*1H. The van der Waals surface area contributed by atoms with Crippen LogP contribution in [0.1, 0.15) is 22.8 Å². The Kier molecular flexibility index (Phi) is 68.5. The molecule has 4 rings (SSSR count). The van der Waals surface area contributed by atoms with Crippen molar-refractivity contribution in [3.63, 3.8) is 0 Å². The van der Waals surface area contributed by atoms with Gasteiger partial charge in [-0.1, -0.05) is 17.3 Å². The summed E-state index contributed by atoms with van der Waals surface area (Å²) in [6.45, 7) is 0.444. The minimum Gasteiger partial charge on any atom is -0.387 e. The summed E-state index contributed by atoms with van der Waals surface area (Å²) < 4.78 is 176. The van der Waals surface area contributed by atoms with Gasteiger partial charge in [0.2, 0.25) is 20.5 Å². The van der Waals surface area contributed by atoms with E-state index in [0.29, 0.717) is 60.7 Å². The number of nitrogens with zero attached hydrogens (tertiary/aromatic N) is 15. The number of thioether (sulfide) groups is 1. The molecule has 0 saturated heterocycles. The number of azide groups is 1. The third-order valence-electron chi connectivity index (χ3n) is 7.26. The van der Waals surface area contributed by atoms with E-state index < -0.39 is 63.8 Å². The molecule has 4 aromatic rings. The minimum atomic E-state index is -5.50. The molecule has 31 N–H and O–H groups in total. The molecule has 4 heterocycles. The van der Waals surface area contributed by atoms with Gasteiger partial charge in [0.1, 0.15) is 21.7 Å². The molecule has 0 aliphatic heterocycles. The predicted octanol–water partition coefficient (Wildman–Crippen LogP) is 4.27. The van der Waals surface area contributed by atoms with Crippen LogP contribution in [0, 0.1) is 5.41 Å². The van der Waals surface area contributed by atoms with Gasteiger partial charge >= 0.3 is 36.6 Å². The Morgan fingerprint density at radius 2 is 0.913 bits per heavy atom. The molecule has 0 saturated carbocycles. The summed E-state index contributed by atoms with van der Waals surface area (Å²) in [4.78, 5) is 40.2. The van der Waals surface area contributed by atoms with Gasteiger partial charge in [0.05, 0.1) is 47.5 Å². The first-order chi connectivity index (χ1) is 46.7. The molecule has 66 heteroatoms. The number of halogens is 12. The van der Waals surface area contributed by atoms with E-state index in [9.17, 15) is 64.8 Å². The Morgan fingerprint density at radius 3 is 1.14 bits per heavy atom. The summed E-state index contributed by atoms with van der Waals surface area (Å²) >= 11 is 46.9. The highest BCUT2D eigenvalue weighted by atomic mass is 127. The lowest BCUT2D eigenvalue weighted by Gasteiger charge is -2.07. The second-order valence-electron chi connectivity index (χ2n) is 15.3. The number of alkyl halides is 10. The van der Waals surface area contributed by atoms with Crippen LogP contribution in [0.2, 0.25) is 0 Å². The van der Waals surface area contributed by atoms with Crippen LogP contribution >= 0.6 is 217 Å². The van der Waals surface area contributed by atoms with Crippen molar-refractivity contribution < 1.29 is 64.8 Å². The molecule has 0 atom stereocenters. The molecule has 104 heavy (non-hydrogen) atoms. The van der Waals surface area contributed by atoms with E-state index in [2.05, 4.69) is 181 Å². The molecular weight excluding hydrogens is 1900 g/mol. The van der Waals surface area contributed by atoms with Gasteiger partial charge in [-0.3, -0.25) is 4.99 Å². The lowest BCUT2D eigenvalue weighted by atomic mass is 10.5. The molecule has 0 amide bonds. The molecular formula is C38H65Cl2F9IN31O6S17. The van der Waals surface area contributed by atoms with Crippen LogP contribution in [0.15, 0.2) is 65.4 Å². The van der Waals surface area contributed by atoms with Gasteiger partial charge < -0.3 is 91.4 Å². The first-order valence-electron chi connectivity index (χ1n) is 24.1. The summed E-state index contributed by atoms with van der Waals surface area (Å²) in [5.41, 5.74) is 70.8. The largest absolute Gasteiger partial charge is 0.518 e. The van der Waals surface area contributed by atoms with Crippen molar-refractivity contribution >= 4 is 334 Å². The molecule has 0 aliphatic rings. The monoisotopic (exact) mass is 1960 g/mol. The predicted molar refractivity (Wildman–Crippen MR) is 448 cm³/mol. The highest BCUT2D eigenvalue weighted by Crippen LogP contribution is 2.27. The molecule has 0 aromatic carbocycles. The van der Waals surface area contributed by atoms with Crippen LogP contribution in [-0.2, 0) is 55.4 Å². The summed E-state index contributed by atoms with van der Waals surface area (Å²) in [6.07, 6.45) is 1.85. The lowest BCUT2D eigenvalue weighted by Crippen LogP contribution is -2.33. The zero-order valence-corrected chi connectivity index (χ0v) is 70.1. The van der Waals surface area contributed by atoms with Crippen LogP contribution in [0.3, 0.4) is 0 Å². The van der Waals surface area contributed by atoms with Crippen molar-refractivity contribution in [3.05, 3.63) is 54.7 Å². The number of aliphatic imine (C=N–C) groups is 6. The third kappa shape index (κ3) is 64.2. The first-order valence-corrected chi connectivity index (χ1v) is 38.7. The van der Waals surface area contributed by atoms with Gasteiger partial charge in [-0.25, -0.2) is 28.4 Å². The second-order valence-corrected chi connectivity index (χ2v) is 28.3. The molecule has 0 aliphatic carbocycles. The van der Waals surface area contributed by atoms with Gasteiger partial charge in [-0.2, -0.15) is 149 Å². The summed E-state index contributed by atoms with van der Waals surface area (Å²) in [5, 5.41) is 18.8. The minimum absolute atomic E-state index is 0. The van der Waals surface area contributed by atoms with Crippen molar-refractivity contribution in [2.45, 2.75) is 42.0 Å². The van der Waals surface area contributed by atoms with Gasteiger partial charge in [-0.05, 0) is 48.4 Å². The smallest absolute Gasteiger partial charge is 0.387 e. The molecule has 37 nitrogen and oxygen atoms in total. The van der Waals surface area contributed by atoms with Gasteiger partial charge in [0.15, 0.2) is 34.9 Å². The van der Waals surface area contributed by atoms with Crippen molar-refractivity contribution in [2.24, 2.45) is 130 Å². The number of thiocarbonyl (C=S) groups is 4. The maximum absolute atomic E-state index is 12.1. The number of aromatic nitrogens is 4. The number of hydrogen-bond acceptors (Lipinski definition) is 32. The maximum atomic E-state index is 12.1. The number of thiol groups is 5. The Bertz CT molecular complexity index is 3810. The number of nitrogens with two attached hydrogens (primary N) is 15. The number of thiazole rings is 4. The van der Waals surface area contributed by atoms with Crippen LogP contribution in [0.25, 0.3) is 10.4 Å². The SMILES string of the molecule is CSC(N)=S.Cl.I.N=C(CS)CS.NC(=S)N=C(N)N.NC(CS)=NS(=O)(=O)C(F)(F)F.NC(N)=Nc1nc(CCl)cs1.NC(N)=Nc1nc(CN=C(N)CS(=O)(=O)C(F)(F)F)cs1.NCc1csc(N=C(N)N)n1.O=S(=O)(N=C(CS)CS)C(F)(F)F.S=C=S.[N-]=[N+]=NCc1csc(N=C(N)N)n1. The highest BCUT2D eigenvalue weighted by molar-refractivity contribution is 14.0. The van der Waals surface area contributed by atoms with Crippen molar-refractivity contribution in [3.8, 4) is 0 Å². The second kappa shape index (κ2) is 62.0. The van der Waals surface area contributed by atoms with Crippen LogP contribution < -0.4 is 86.0 Å². The summed E-state index contributed by atoms with van der Waals surface area (Å²) in [6, 6.07) is 0. The number of rotatable bonds is 19. The maximum Gasteiger partial charge on any atom is 0.518 e. The third-order valence-corrected chi connectivity index (χ3v) is 17.0. The number of amidine groups is 2. The summed E-state index contributed by atoms with van der Waals surface area (Å²) in [7, 11) is -16.3. The number of sulfone groups is 1. The zero-order valence-electron chi connectivity index (χ0n) is 51.9. The van der Waals surface area contributed by atoms with E-state index >= 15 is 0 Å². The van der Waals surface area contributed by atoms with E-state index in [1.165, 1.54) is 51.2 Å². The molecule has 0 spiro atoms. The number of guanidine groups is 5. The van der Waals surface area contributed by atoms with Gasteiger partial charge in [0, 0.05) is 71.8 Å². The quantitative estimate of drug-likeness (QED) is 0.00595. The van der Waals surface area contributed by atoms with Crippen molar-refractivity contribution in [2.75, 3.05) is 40.8 Å². The zero-order chi connectivity index (χ0) is 81.0. The summed E-state index contributed by atoms with van der Waals surface area (Å²) in [5.74, 6) is -2.34. The van der Waals surface area contributed by atoms with Crippen LogP contribution in [0.4, 0.5) is 60.0 Å². The van der Waals surface area contributed by atoms with E-state index in [1.54, 1.807) is 5.38 Å². The molecule has 0 unspecified atom stereocenters. The molecule has 0 radical (unpaired) electrons. The fourth-order valence-electron chi connectivity index (χ4n) is 3.48. The molecule has 0 bridgehead atoms. The van der Waals surface area contributed by atoms with Crippen LogP contribution in [-0.4, -0.2) is 169 Å². The van der Waals surface area contributed by atoms with E-state index in [-0.39, 0.29) is 112 Å². The fraction of sp³-hybridized carbons (Fsp3) is 0.368. The molecule has 594 valence electrons. The Balaban J connectivity index is -0.000000169. The number of sulfonamides is 2. The van der Waals surface area contributed by atoms with E-state index in [1.807, 2.05) is 21.3 Å². The Morgan fingerprint density at radius 1 is 0.587 bits per heavy atom. The average molecular weight is 1970 g/mol. The number of nitrogens with one attached hydrogen (secondary N) is 1. The Hall–Kier alpha value is -4.95. The van der Waals surface area contributed by atoms with Gasteiger partial charge in [-0.15, -0.1) is 109 Å². The fourth-order valence-corrected chi connectivity index (χ4v) is 9.63. The highest BCUT2D eigenvalue weighted by Gasteiger charge is 2.47. The normalized spacial score (nSPS) is 10.5.